The molecule has 1 aromatic heterocycles. The Morgan fingerprint density at radius 3 is 2.56 bits per heavy atom. The Morgan fingerprint density at radius 2 is 1.92 bits per heavy atom. The van der Waals surface area contributed by atoms with E-state index in [1.807, 2.05) is 37.3 Å². The van der Waals surface area contributed by atoms with Crippen LogP contribution in [-0.2, 0) is 4.74 Å². The van der Waals surface area contributed by atoms with Crippen molar-refractivity contribution in [3.8, 4) is 0 Å². The summed E-state index contributed by atoms with van der Waals surface area (Å²) in [4.78, 5) is 27.9. The molecule has 0 atom stereocenters. The first kappa shape index (κ1) is 19.3. The molecule has 2 aromatic rings. The second kappa shape index (κ2) is 10.0. The number of aromatic nitrogens is 3. The van der Waals surface area contributed by atoms with Crippen molar-refractivity contribution in [1.29, 1.82) is 0 Å². The van der Waals surface area contributed by atoms with Crippen molar-refractivity contribution in [3.63, 3.8) is 0 Å². The van der Waals surface area contributed by atoms with Crippen LogP contribution in [0, 0.1) is 0 Å². The maximum atomic E-state index is 12.2. The van der Waals surface area contributed by atoms with Crippen molar-refractivity contribution in [3.05, 3.63) is 43.0 Å². The number of rotatable bonds is 8. The molecule has 0 saturated carbocycles. The molecule has 6 nitrogen and oxygen atoms in total. The van der Waals surface area contributed by atoms with Crippen molar-refractivity contribution in [2.45, 2.75) is 29.1 Å². The number of benzene rings is 1. The second-order valence-corrected chi connectivity index (χ2v) is 6.92. The van der Waals surface area contributed by atoms with Gasteiger partial charge in [-0.15, -0.1) is 6.58 Å². The Morgan fingerprint density at radius 1 is 1.20 bits per heavy atom. The number of amides is 1. The zero-order valence-corrected chi connectivity index (χ0v) is 15.8. The van der Waals surface area contributed by atoms with Crippen molar-refractivity contribution in [1.82, 2.24) is 15.0 Å². The molecule has 132 valence electrons. The SMILES string of the molecule is C=CCN(C(=O)OCC)c1nc(SCC)nc(Sc2ccccc2)n1. The molecule has 0 aliphatic heterocycles. The highest BCUT2D eigenvalue weighted by molar-refractivity contribution is 7.99. The summed E-state index contributed by atoms with van der Waals surface area (Å²) in [6.07, 6.45) is 1.11. The van der Waals surface area contributed by atoms with Gasteiger partial charge in [0.05, 0.1) is 13.2 Å². The van der Waals surface area contributed by atoms with Gasteiger partial charge < -0.3 is 4.74 Å². The van der Waals surface area contributed by atoms with Crippen molar-refractivity contribution in [2.75, 3.05) is 23.8 Å². The van der Waals surface area contributed by atoms with E-state index in [1.54, 1.807) is 13.0 Å². The molecule has 1 amide bonds. The van der Waals surface area contributed by atoms with Crippen molar-refractivity contribution in [2.24, 2.45) is 0 Å². The van der Waals surface area contributed by atoms with Crippen molar-refractivity contribution >= 4 is 35.6 Å². The fourth-order valence-corrected chi connectivity index (χ4v) is 3.23. The average Bonchev–Trinajstić information content (AvgIpc) is 2.61. The predicted octanol–water partition coefficient (Wildman–Crippen LogP) is 4.28. The van der Waals surface area contributed by atoms with E-state index in [-0.39, 0.29) is 19.1 Å². The Hall–Kier alpha value is -2.06. The molecule has 0 aliphatic rings. The molecule has 0 aliphatic carbocycles. The van der Waals surface area contributed by atoms with E-state index < -0.39 is 6.09 Å². The summed E-state index contributed by atoms with van der Waals surface area (Å²) >= 11 is 2.92. The van der Waals surface area contributed by atoms with E-state index >= 15 is 0 Å². The largest absolute Gasteiger partial charge is 0.449 e. The Labute approximate surface area is 156 Å². The molecule has 8 heteroatoms. The van der Waals surface area contributed by atoms with Gasteiger partial charge in [-0.3, -0.25) is 0 Å². The highest BCUT2D eigenvalue weighted by Crippen LogP contribution is 2.27. The minimum Gasteiger partial charge on any atom is -0.449 e. The van der Waals surface area contributed by atoms with Gasteiger partial charge >= 0.3 is 6.09 Å². The first-order valence-electron chi connectivity index (χ1n) is 7.84. The quantitative estimate of drug-likeness (QED) is 0.503. The maximum absolute atomic E-state index is 12.2. The molecule has 0 fully saturated rings. The van der Waals surface area contributed by atoms with Crippen LogP contribution in [-0.4, -0.2) is 39.9 Å². The zero-order chi connectivity index (χ0) is 18.1. The number of hydrogen-bond donors (Lipinski definition) is 0. The van der Waals surface area contributed by atoms with Crippen LogP contribution in [0.3, 0.4) is 0 Å². The van der Waals surface area contributed by atoms with Gasteiger partial charge in [-0.25, -0.2) is 9.69 Å². The topological polar surface area (TPSA) is 68.2 Å². The number of ether oxygens (including phenoxy) is 1. The molecule has 2 rings (SSSR count). The maximum Gasteiger partial charge on any atom is 0.416 e. The third-order valence-corrected chi connectivity index (χ3v) is 4.45. The first-order chi connectivity index (χ1) is 12.2. The summed E-state index contributed by atoms with van der Waals surface area (Å²) < 4.78 is 5.09. The van der Waals surface area contributed by atoms with Gasteiger partial charge in [0.1, 0.15) is 0 Å². The van der Waals surface area contributed by atoms with E-state index in [0.717, 1.165) is 10.6 Å². The minimum absolute atomic E-state index is 0.258. The molecule has 0 N–H and O–H groups in total. The number of hydrogen-bond acceptors (Lipinski definition) is 7. The average molecular weight is 377 g/mol. The van der Waals surface area contributed by atoms with Crippen LogP contribution in [0.2, 0.25) is 0 Å². The lowest BCUT2D eigenvalue weighted by Crippen LogP contribution is -2.33. The molecule has 1 aromatic carbocycles. The van der Waals surface area contributed by atoms with Crippen LogP contribution in [0.5, 0.6) is 0 Å². The van der Waals surface area contributed by atoms with Crippen LogP contribution >= 0.6 is 23.5 Å². The summed E-state index contributed by atoms with van der Waals surface area (Å²) in [5.74, 6) is 1.09. The lowest BCUT2D eigenvalue weighted by atomic mass is 10.4. The summed E-state index contributed by atoms with van der Waals surface area (Å²) in [7, 11) is 0. The van der Waals surface area contributed by atoms with Gasteiger partial charge in [0, 0.05) is 4.90 Å². The molecular formula is C17H20N4O2S2. The highest BCUT2D eigenvalue weighted by Gasteiger charge is 2.21. The van der Waals surface area contributed by atoms with Crippen LogP contribution in [0.1, 0.15) is 13.8 Å². The summed E-state index contributed by atoms with van der Waals surface area (Å²) in [6.45, 7) is 8.00. The van der Waals surface area contributed by atoms with Crippen LogP contribution < -0.4 is 4.90 Å². The van der Waals surface area contributed by atoms with Gasteiger partial charge in [0.25, 0.3) is 0 Å². The van der Waals surface area contributed by atoms with Crippen LogP contribution in [0.4, 0.5) is 10.7 Å². The smallest absolute Gasteiger partial charge is 0.416 e. The number of nitrogens with zero attached hydrogens (tertiary/aromatic N) is 4. The van der Waals surface area contributed by atoms with Gasteiger partial charge in [0.2, 0.25) is 5.95 Å². The summed E-state index contributed by atoms with van der Waals surface area (Å²) in [6, 6.07) is 9.82. The van der Waals surface area contributed by atoms with E-state index in [4.69, 9.17) is 4.74 Å². The summed E-state index contributed by atoms with van der Waals surface area (Å²) in [5.41, 5.74) is 0. The van der Waals surface area contributed by atoms with Crippen LogP contribution in [0.15, 0.2) is 58.2 Å². The number of carbonyl (C=O) groups is 1. The molecule has 0 saturated heterocycles. The highest BCUT2D eigenvalue weighted by atomic mass is 32.2. The third kappa shape index (κ3) is 5.75. The van der Waals surface area contributed by atoms with E-state index in [0.29, 0.717) is 10.3 Å². The second-order valence-electron chi connectivity index (χ2n) is 4.65. The van der Waals surface area contributed by atoms with Crippen molar-refractivity contribution < 1.29 is 9.53 Å². The number of thioether (sulfide) groups is 1. The Kier molecular flexibility index (Phi) is 7.75. The number of carbonyl (C=O) groups excluding carboxylic acids is 1. The summed E-state index contributed by atoms with van der Waals surface area (Å²) in [5, 5.41) is 1.11. The first-order valence-corrected chi connectivity index (χ1v) is 9.65. The van der Waals surface area contributed by atoms with Gasteiger partial charge in [-0.1, -0.05) is 43.0 Å². The molecule has 1 heterocycles. The fraction of sp³-hybridized carbons (Fsp3) is 0.294. The zero-order valence-electron chi connectivity index (χ0n) is 14.2. The normalized spacial score (nSPS) is 10.3. The fourth-order valence-electron chi connectivity index (χ4n) is 1.85. The van der Waals surface area contributed by atoms with Gasteiger partial charge in [-0.2, -0.15) is 15.0 Å². The predicted molar refractivity (Wildman–Crippen MR) is 101 cm³/mol. The van der Waals surface area contributed by atoms with E-state index in [1.165, 1.54) is 28.4 Å². The molecular weight excluding hydrogens is 356 g/mol. The lowest BCUT2D eigenvalue weighted by molar-refractivity contribution is 0.160. The Balaban J connectivity index is 2.37. The van der Waals surface area contributed by atoms with E-state index in [2.05, 4.69) is 21.5 Å². The lowest BCUT2D eigenvalue weighted by Gasteiger charge is -2.19. The molecule has 0 spiro atoms. The van der Waals surface area contributed by atoms with Gasteiger partial charge in [0.15, 0.2) is 10.3 Å². The standard InChI is InChI=1S/C17H20N4O2S2/c1-4-12-21(17(22)23-5-2)14-18-15(24-6-3)20-16(19-14)25-13-10-8-7-9-11-13/h4,7-11H,1,5-6,12H2,2-3H3. The molecule has 0 radical (unpaired) electrons. The third-order valence-electron chi connectivity index (χ3n) is 2.85. The molecule has 25 heavy (non-hydrogen) atoms. The molecule has 0 unspecified atom stereocenters. The molecule has 0 bridgehead atoms. The minimum atomic E-state index is -0.503. The number of anilines is 1. The van der Waals surface area contributed by atoms with Gasteiger partial charge in [-0.05, 0) is 36.6 Å². The van der Waals surface area contributed by atoms with E-state index in [9.17, 15) is 4.79 Å². The monoisotopic (exact) mass is 376 g/mol. The van der Waals surface area contributed by atoms with Crippen LogP contribution in [0.25, 0.3) is 0 Å². The Bertz CT molecular complexity index is 713.